The first-order valence-electron chi connectivity index (χ1n) is 7.71. The van der Waals surface area contributed by atoms with Crippen molar-refractivity contribution >= 4 is 33.4 Å². The van der Waals surface area contributed by atoms with Gasteiger partial charge in [0, 0.05) is 23.2 Å². The summed E-state index contributed by atoms with van der Waals surface area (Å²) in [5.41, 5.74) is 0.748. The molecule has 1 aliphatic heterocycles. The van der Waals surface area contributed by atoms with E-state index in [2.05, 4.69) is 21.2 Å². The molecule has 126 valence electrons. The molecule has 1 aromatic carbocycles. The van der Waals surface area contributed by atoms with Gasteiger partial charge in [-0.15, -0.1) is 0 Å². The second-order valence-corrected chi connectivity index (χ2v) is 6.65. The molecule has 1 aliphatic rings. The number of carbonyl (C=O) groups excluding carboxylic acids is 2. The quantitative estimate of drug-likeness (QED) is 0.759. The van der Waals surface area contributed by atoms with Crippen molar-refractivity contribution in [3.05, 3.63) is 28.7 Å². The van der Waals surface area contributed by atoms with E-state index in [-0.39, 0.29) is 17.9 Å². The molecular weight excluding hydrogens is 362 g/mol. The summed E-state index contributed by atoms with van der Waals surface area (Å²) in [6, 6.07) is 7.10. The van der Waals surface area contributed by atoms with Crippen LogP contribution in [-0.4, -0.2) is 62.7 Å². The molecule has 0 aromatic heterocycles. The summed E-state index contributed by atoms with van der Waals surface area (Å²) in [6.45, 7) is 4.57. The molecule has 1 heterocycles. The number of rotatable bonds is 5. The standard InChI is InChI=1S/C16H22BrN3O3/c1-12(16(22)18-14-5-3-13(17)4-6-14)19(2)11-15(21)20-7-9-23-10-8-20/h3-6,12H,7-11H2,1-2H3,(H,18,22)/p+1/t12-/m1/s1. The van der Waals surface area contributed by atoms with Gasteiger partial charge in [0.1, 0.15) is 0 Å². The number of nitrogens with one attached hydrogen (secondary N) is 2. The van der Waals surface area contributed by atoms with Crippen molar-refractivity contribution in [1.29, 1.82) is 0 Å². The Morgan fingerprint density at radius 2 is 1.91 bits per heavy atom. The summed E-state index contributed by atoms with van der Waals surface area (Å²) in [4.78, 5) is 27.2. The number of halogens is 1. The summed E-state index contributed by atoms with van der Waals surface area (Å²) in [6.07, 6.45) is 0. The Hall–Kier alpha value is -1.44. The number of hydrogen-bond donors (Lipinski definition) is 2. The van der Waals surface area contributed by atoms with E-state index < -0.39 is 0 Å². The molecule has 23 heavy (non-hydrogen) atoms. The van der Waals surface area contributed by atoms with Gasteiger partial charge in [0.2, 0.25) is 0 Å². The van der Waals surface area contributed by atoms with Crippen LogP contribution in [0.3, 0.4) is 0 Å². The lowest BCUT2D eigenvalue weighted by molar-refractivity contribution is -0.886. The van der Waals surface area contributed by atoms with Gasteiger partial charge in [-0.3, -0.25) is 9.59 Å². The Morgan fingerprint density at radius 3 is 2.52 bits per heavy atom. The summed E-state index contributed by atoms with van der Waals surface area (Å²) >= 11 is 3.36. The van der Waals surface area contributed by atoms with Gasteiger partial charge in [-0.1, -0.05) is 15.9 Å². The van der Waals surface area contributed by atoms with Crippen LogP contribution in [0.2, 0.25) is 0 Å². The molecule has 2 atom stereocenters. The van der Waals surface area contributed by atoms with Crippen molar-refractivity contribution < 1.29 is 19.2 Å². The summed E-state index contributed by atoms with van der Waals surface area (Å²) in [7, 11) is 1.87. The van der Waals surface area contributed by atoms with E-state index in [1.807, 2.05) is 38.2 Å². The first kappa shape index (κ1) is 17.9. The number of carbonyl (C=O) groups is 2. The Bertz CT molecular complexity index is 544. The summed E-state index contributed by atoms with van der Waals surface area (Å²) in [5, 5.41) is 2.88. The highest BCUT2D eigenvalue weighted by molar-refractivity contribution is 9.10. The lowest BCUT2D eigenvalue weighted by atomic mass is 10.2. The molecule has 2 rings (SSSR count). The molecule has 6 nitrogen and oxygen atoms in total. The van der Waals surface area contributed by atoms with E-state index >= 15 is 0 Å². The highest BCUT2D eigenvalue weighted by Crippen LogP contribution is 2.14. The third-order valence-electron chi connectivity index (χ3n) is 4.04. The molecule has 0 spiro atoms. The number of hydrogen-bond acceptors (Lipinski definition) is 3. The van der Waals surface area contributed by atoms with E-state index in [1.165, 1.54) is 0 Å². The number of amides is 2. The molecule has 1 aromatic rings. The van der Waals surface area contributed by atoms with Gasteiger partial charge >= 0.3 is 0 Å². The predicted octanol–water partition coefficient (Wildman–Crippen LogP) is 0.150. The smallest absolute Gasteiger partial charge is 0.282 e. The Labute approximate surface area is 144 Å². The van der Waals surface area contributed by atoms with Gasteiger partial charge in [-0.2, -0.15) is 0 Å². The molecule has 0 aliphatic carbocycles. The van der Waals surface area contributed by atoms with Crippen LogP contribution >= 0.6 is 15.9 Å². The number of nitrogens with zero attached hydrogens (tertiary/aromatic N) is 1. The fourth-order valence-corrected chi connectivity index (χ4v) is 2.59. The first-order chi connectivity index (χ1) is 11.0. The molecule has 2 amide bonds. The van der Waals surface area contributed by atoms with E-state index in [0.29, 0.717) is 32.8 Å². The van der Waals surface area contributed by atoms with Crippen LogP contribution in [0.25, 0.3) is 0 Å². The monoisotopic (exact) mass is 384 g/mol. The highest BCUT2D eigenvalue weighted by Gasteiger charge is 2.26. The van der Waals surface area contributed by atoms with Crippen LogP contribution < -0.4 is 10.2 Å². The molecule has 1 unspecified atom stereocenters. The van der Waals surface area contributed by atoms with Crippen LogP contribution in [0, 0.1) is 0 Å². The average molecular weight is 385 g/mol. The van der Waals surface area contributed by atoms with Crippen molar-refractivity contribution in [1.82, 2.24) is 4.90 Å². The van der Waals surface area contributed by atoms with Crippen molar-refractivity contribution in [3.8, 4) is 0 Å². The fourth-order valence-electron chi connectivity index (χ4n) is 2.32. The molecule has 7 heteroatoms. The lowest BCUT2D eigenvalue weighted by Gasteiger charge is -2.28. The van der Waals surface area contributed by atoms with Crippen LogP contribution in [0.4, 0.5) is 5.69 Å². The number of likely N-dealkylation sites (N-methyl/N-ethyl adjacent to an activating group) is 1. The van der Waals surface area contributed by atoms with Crippen molar-refractivity contribution in [2.75, 3.05) is 45.2 Å². The molecule has 0 bridgehead atoms. The van der Waals surface area contributed by atoms with Crippen molar-refractivity contribution in [3.63, 3.8) is 0 Å². The number of anilines is 1. The van der Waals surface area contributed by atoms with Crippen LogP contribution in [-0.2, 0) is 14.3 Å². The van der Waals surface area contributed by atoms with Gasteiger partial charge < -0.3 is 19.9 Å². The summed E-state index contributed by atoms with van der Waals surface area (Å²) in [5.74, 6) is -0.0336. The summed E-state index contributed by atoms with van der Waals surface area (Å²) < 4.78 is 6.21. The average Bonchev–Trinajstić information content (AvgIpc) is 2.56. The normalized spacial score (nSPS) is 17.4. The largest absolute Gasteiger partial charge is 0.378 e. The second-order valence-electron chi connectivity index (χ2n) is 5.73. The maximum absolute atomic E-state index is 12.3. The molecule has 0 saturated carbocycles. The Balaban J connectivity index is 1.85. The molecule has 2 N–H and O–H groups in total. The Morgan fingerprint density at radius 1 is 1.30 bits per heavy atom. The first-order valence-corrected chi connectivity index (χ1v) is 8.51. The third kappa shape index (κ3) is 5.30. The van der Waals surface area contributed by atoms with E-state index in [1.54, 1.807) is 4.90 Å². The van der Waals surface area contributed by atoms with E-state index in [4.69, 9.17) is 4.74 Å². The van der Waals surface area contributed by atoms with Gasteiger partial charge in [-0.05, 0) is 31.2 Å². The number of quaternary nitrogens is 1. The molecule has 1 saturated heterocycles. The maximum atomic E-state index is 12.3. The van der Waals surface area contributed by atoms with E-state index in [9.17, 15) is 9.59 Å². The zero-order chi connectivity index (χ0) is 16.8. The van der Waals surface area contributed by atoms with Crippen LogP contribution in [0.5, 0.6) is 0 Å². The van der Waals surface area contributed by atoms with Crippen LogP contribution in [0.15, 0.2) is 28.7 Å². The minimum atomic E-state index is -0.316. The fraction of sp³-hybridized carbons (Fsp3) is 0.500. The zero-order valence-corrected chi connectivity index (χ0v) is 15.1. The molecular formula is C16H23BrN3O3+. The number of benzene rings is 1. The Kier molecular flexibility index (Phi) is 6.56. The molecule has 0 radical (unpaired) electrons. The predicted molar refractivity (Wildman–Crippen MR) is 91.4 cm³/mol. The van der Waals surface area contributed by atoms with Crippen molar-refractivity contribution in [2.24, 2.45) is 0 Å². The van der Waals surface area contributed by atoms with Crippen molar-refractivity contribution in [2.45, 2.75) is 13.0 Å². The van der Waals surface area contributed by atoms with Gasteiger partial charge in [0.25, 0.3) is 11.8 Å². The maximum Gasteiger partial charge on any atom is 0.282 e. The molecule has 1 fully saturated rings. The zero-order valence-electron chi connectivity index (χ0n) is 13.5. The van der Waals surface area contributed by atoms with Gasteiger partial charge in [0.05, 0.1) is 20.3 Å². The number of ether oxygens (including phenoxy) is 1. The second kappa shape index (κ2) is 8.42. The highest BCUT2D eigenvalue weighted by atomic mass is 79.9. The lowest BCUT2D eigenvalue weighted by Crippen LogP contribution is -3.15. The third-order valence-corrected chi connectivity index (χ3v) is 4.57. The SMILES string of the molecule is C[C@H](C(=O)Nc1ccc(Br)cc1)[NH+](C)CC(=O)N1CCOCC1. The van der Waals surface area contributed by atoms with Gasteiger partial charge in [-0.25, -0.2) is 0 Å². The topological polar surface area (TPSA) is 63.1 Å². The minimum Gasteiger partial charge on any atom is -0.378 e. The van der Waals surface area contributed by atoms with Crippen LogP contribution in [0.1, 0.15) is 6.92 Å². The van der Waals surface area contributed by atoms with Gasteiger partial charge in [0.15, 0.2) is 12.6 Å². The number of morpholine rings is 1. The van der Waals surface area contributed by atoms with E-state index in [0.717, 1.165) is 15.1 Å². The minimum absolute atomic E-state index is 0.0640.